The van der Waals surface area contributed by atoms with Crippen molar-refractivity contribution in [2.24, 2.45) is 5.41 Å². The number of methoxy groups -OCH3 is 2. The lowest BCUT2D eigenvalue weighted by molar-refractivity contribution is -0.160. The van der Waals surface area contributed by atoms with Gasteiger partial charge in [0.1, 0.15) is 5.75 Å². The van der Waals surface area contributed by atoms with E-state index >= 15 is 0 Å². The van der Waals surface area contributed by atoms with E-state index < -0.39 is 11.4 Å². The molecule has 2 bridgehead atoms. The summed E-state index contributed by atoms with van der Waals surface area (Å²) in [7, 11) is 5.44. The summed E-state index contributed by atoms with van der Waals surface area (Å²) in [4.78, 5) is 30.8. The lowest BCUT2D eigenvalue weighted by atomic mass is 9.57. The van der Waals surface area contributed by atoms with Gasteiger partial charge in [-0.3, -0.25) is 14.5 Å². The SMILES string of the molecule is COc1cc(CNc2cccc(-c3cccc(-c4ccc(CNCC5CCC(=O)N5)c(OC)n4)c3C)c2C=N)c(Cl)cc1CN(C)C12CCC(C(=O)O)(CC1)CC2. The van der Waals surface area contributed by atoms with Gasteiger partial charge in [-0.15, -0.1) is 0 Å². The van der Waals surface area contributed by atoms with Crippen molar-refractivity contribution in [3.05, 3.63) is 93.5 Å². The molecule has 1 amide bonds. The second-order valence-corrected chi connectivity index (χ2v) is 16.4. The number of nitrogens with one attached hydrogen (secondary N) is 4. The minimum atomic E-state index is -0.643. The van der Waals surface area contributed by atoms with Crippen molar-refractivity contribution in [2.45, 2.75) is 89.5 Å². The van der Waals surface area contributed by atoms with Crippen LogP contribution in [-0.2, 0) is 29.2 Å². The molecule has 3 aliphatic carbocycles. The molecular weight excluding hydrogens is 740 g/mol. The van der Waals surface area contributed by atoms with E-state index in [1.54, 1.807) is 14.2 Å². The van der Waals surface area contributed by atoms with Gasteiger partial charge in [0.15, 0.2) is 0 Å². The summed E-state index contributed by atoms with van der Waals surface area (Å²) in [5, 5.41) is 28.9. The number of amides is 1. The highest BCUT2D eigenvalue weighted by Crippen LogP contribution is 2.55. The molecule has 300 valence electrons. The first-order valence-electron chi connectivity index (χ1n) is 19.8. The fourth-order valence-electron chi connectivity index (χ4n) is 9.22. The van der Waals surface area contributed by atoms with Crippen LogP contribution in [0.4, 0.5) is 5.69 Å². The molecule has 4 aromatic rings. The highest BCUT2D eigenvalue weighted by molar-refractivity contribution is 6.31. The molecule has 0 radical (unpaired) electrons. The van der Waals surface area contributed by atoms with Gasteiger partial charge in [0, 0.05) is 83.4 Å². The van der Waals surface area contributed by atoms with Crippen molar-refractivity contribution in [3.8, 4) is 34.0 Å². The molecule has 57 heavy (non-hydrogen) atoms. The van der Waals surface area contributed by atoms with Crippen LogP contribution in [0.2, 0.25) is 5.02 Å². The third-order valence-corrected chi connectivity index (χ3v) is 13.2. The summed E-state index contributed by atoms with van der Waals surface area (Å²) < 4.78 is 11.6. The van der Waals surface area contributed by atoms with Crippen molar-refractivity contribution in [1.82, 2.24) is 20.5 Å². The highest BCUT2D eigenvalue weighted by Gasteiger charge is 2.54. The van der Waals surface area contributed by atoms with E-state index in [0.717, 1.165) is 107 Å². The number of carbonyl (C=O) groups excluding carboxylic acids is 1. The molecule has 11 nitrogen and oxygen atoms in total. The maximum atomic E-state index is 12.0. The minimum absolute atomic E-state index is 0.00999. The van der Waals surface area contributed by atoms with Crippen molar-refractivity contribution in [3.63, 3.8) is 0 Å². The highest BCUT2D eigenvalue weighted by atomic mass is 35.5. The van der Waals surface area contributed by atoms with Gasteiger partial charge in [-0.05, 0) is 105 Å². The van der Waals surface area contributed by atoms with Crippen molar-refractivity contribution < 1.29 is 24.2 Å². The maximum Gasteiger partial charge on any atom is 0.309 e. The number of nitrogens with zero attached hydrogens (tertiary/aromatic N) is 2. The van der Waals surface area contributed by atoms with Crippen LogP contribution in [0.25, 0.3) is 22.4 Å². The lowest BCUT2D eigenvalue weighted by Crippen LogP contribution is -2.56. The van der Waals surface area contributed by atoms with Crippen LogP contribution in [0.3, 0.4) is 0 Å². The predicted octanol–water partition coefficient (Wildman–Crippen LogP) is 7.98. The molecule has 5 N–H and O–H groups in total. The largest absolute Gasteiger partial charge is 0.496 e. The Morgan fingerprint density at radius 3 is 2.37 bits per heavy atom. The summed E-state index contributed by atoms with van der Waals surface area (Å²) in [5.74, 6) is 0.768. The smallest absolute Gasteiger partial charge is 0.309 e. The molecule has 1 atom stereocenters. The number of carboxylic acid groups (broad SMARTS) is 1. The Hall–Kier alpha value is -4.97. The van der Waals surface area contributed by atoms with E-state index in [-0.39, 0.29) is 17.5 Å². The fourth-order valence-corrected chi connectivity index (χ4v) is 9.47. The average molecular weight is 793 g/mol. The van der Waals surface area contributed by atoms with Crippen LogP contribution in [0, 0.1) is 17.7 Å². The molecule has 8 rings (SSSR count). The molecule has 0 spiro atoms. The lowest BCUT2D eigenvalue weighted by Gasteiger charge is -2.55. The summed E-state index contributed by atoms with van der Waals surface area (Å²) in [5.41, 5.74) is 8.54. The number of halogens is 1. The van der Waals surface area contributed by atoms with Crippen molar-refractivity contribution in [2.75, 3.05) is 33.1 Å². The number of carboxylic acids is 1. The van der Waals surface area contributed by atoms with E-state index in [2.05, 4.69) is 47.0 Å². The van der Waals surface area contributed by atoms with E-state index in [4.69, 9.17) is 31.5 Å². The number of aliphatic carboxylic acids is 1. The molecule has 1 saturated heterocycles. The zero-order valence-electron chi connectivity index (χ0n) is 33.3. The van der Waals surface area contributed by atoms with Gasteiger partial charge >= 0.3 is 5.97 Å². The van der Waals surface area contributed by atoms with E-state index in [1.165, 1.54) is 6.21 Å². The topological polar surface area (TPSA) is 149 Å². The Kier molecular flexibility index (Phi) is 11.9. The van der Waals surface area contributed by atoms with Crippen molar-refractivity contribution >= 4 is 35.4 Å². The minimum Gasteiger partial charge on any atom is -0.496 e. The average Bonchev–Trinajstić information content (AvgIpc) is 3.65. The van der Waals surface area contributed by atoms with Gasteiger partial charge in [-0.1, -0.05) is 48.0 Å². The third-order valence-electron chi connectivity index (χ3n) is 12.9. The molecular formula is C45H53ClN6O5. The molecule has 3 aromatic carbocycles. The molecule has 1 unspecified atom stereocenters. The van der Waals surface area contributed by atoms with Gasteiger partial charge in [0.25, 0.3) is 0 Å². The Bertz CT molecular complexity index is 2150. The Morgan fingerprint density at radius 2 is 1.70 bits per heavy atom. The normalized spacial score (nSPS) is 21.4. The molecule has 4 aliphatic rings. The second-order valence-electron chi connectivity index (χ2n) is 16.0. The zero-order chi connectivity index (χ0) is 40.3. The number of fused-ring (bicyclic) bond motifs is 3. The quantitative estimate of drug-likeness (QED) is 0.0713. The van der Waals surface area contributed by atoms with Gasteiger partial charge in [0.2, 0.25) is 11.8 Å². The third kappa shape index (κ3) is 8.10. The summed E-state index contributed by atoms with van der Waals surface area (Å²) in [6, 6.07) is 20.3. The van der Waals surface area contributed by atoms with Gasteiger partial charge in [0.05, 0.1) is 25.3 Å². The van der Waals surface area contributed by atoms with Crippen LogP contribution in [0.5, 0.6) is 11.6 Å². The standard InChI is InChI=1S/C45H53ClN6O5/c1-28-33(7-5-8-34(28)39-13-11-29(42(51-39)57-4)24-48-26-32-12-14-41(53)50-32)35-9-6-10-38(36(35)23-47)49-25-30-22-40(56-3)31(21-37(30)46)27-52(2)45-18-15-44(16-19-45,17-20-45)43(54)55/h5-11,13,21-23,32,47-49H,12,14-20,24-27H2,1-4H3,(H,50,53)(H,54,55). The van der Waals surface area contributed by atoms with Gasteiger partial charge in [-0.25, -0.2) is 4.98 Å². The number of anilines is 1. The van der Waals surface area contributed by atoms with E-state index in [9.17, 15) is 14.7 Å². The Morgan fingerprint density at radius 1 is 0.982 bits per heavy atom. The molecule has 2 heterocycles. The predicted molar refractivity (Wildman–Crippen MR) is 224 cm³/mol. The number of aromatic nitrogens is 1. The second kappa shape index (κ2) is 16.9. The van der Waals surface area contributed by atoms with Crippen molar-refractivity contribution in [1.29, 1.82) is 5.41 Å². The van der Waals surface area contributed by atoms with Gasteiger partial charge in [-0.2, -0.15) is 0 Å². The van der Waals surface area contributed by atoms with Crippen LogP contribution in [0.15, 0.2) is 60.7 Å². The van der Waals surface area contributed by atoms with Crippen LogP contribution >= 0.6 is 11.6 Å². The number of hydrogen-bond acceptors (Lipinski definition) is 9. The number of pyridine rings is 1. The van der Waals surface area contributed by atoms with Crippen LogP contribution in [0.1, 0.15) is 79.2 Å². The summed E-state index contributed by atoms with van der Waals surface area (Å²) in [6.07, 6.45) is 7.63. The van der Waals surface area contributed by atoms with E-state index in [1.807, 2.05) is 48.5 Å². The Balaban J connectivity index is 1.06. The maximum absolute atomic E-state index is 12.0. The number of carbonyl (C=O) groups is 2. The summed E-state index contributed by atoms with van der Waals surface area (Å²) >= 11 is 6.95. The van der Waals surface area contributed by atoms with Gasteiger partial charge < -0.3 is 35.9 Å². The molecule has 12 heteroatoms. The van der Waals surface area contributed by atoms with Crippen LogP contribution < -0.4 is 25.4 Å². The first-order chi connectivity index (χ1) is 27.5. The number of ether oxygens (including phenoxy) is 2. The zero-order valence-corrected chi connectivity index (χ0v) is 34.0. The number of hydrogen-bond donors (Lipinski definition) is 5. The van der Waals surface area contributed by atoms with Crippen LogP contribution in [-0.4, -0.2) is 72.5 Å². The van der Waals surface area contributed by atoms with E-state index in [0.29, 0.717) is 43.5 Å². The fraction of sp³-hybridized carbons (Fsp3) is 0.422. The first kappa shape index (κ1) is 40.2. The molecule has 1 aromatic heterocycles. The monoisotopic (exact) mass is 792 g/mol. The first-order valence-corrected chi connectivity index (χ1v) is 20.2. The molecule has 3 saturated carbocycles. The number of benzene rings is 3. The Labute approximate surface area is 340 Å². The molecule has 1 aliphatic heterocycles. The molecule has 4 fully saturated rings. The summed E-state index contributed by atoms with van der Waals surface area (Å²) in [6.45, 7) is 4.42. The number of rotatable bonds is 16.